The van der Waals surface area contributed by atoms with Crippen LogP contribution in [0.1, 0.15) is 18.4 Å². The van der Waals surface area contributed by atoms with Crippen molar-refractivity contribution in [3.8, 4) is 0 Å². The van der Waals surface area contributed by atoms with Crippen molar-refractivity contribution in [1.82, 2.24) is 20.2 Å². The lowest BCUT2D eigenvalue weighted by Crippen LogP contribution is -2.32. The fourth-order valence-corrected chi connectivity index (χ4v) is 4.06. The number of para-hydroxylation sites is 1. The fourth-order valence-electron chi connectivity index (χ4n) is 3.30. The van der Waals surface area contributed by atoms with Gasteiger partial charge in [-0.2, -0.15) is 0 Å². The van der Waals surface area contributed by atoms with Crippen molar-refractivity contribution < 1.29 is 9.53 Å². The Bertz CT molecular complexity index is 913. The average molecular weight is 410 g/mol. The first-order valence-electron chi connectivity index (χ1n) is 9.69. The number of benzene rings is 2. The lowest BCUT2D eigenvalue weighted by atomic mass is 10.2. The number of aromatic nitrogens is 4. The van der Waals surface area contributed by atoms with Crippen LogP contribution in [0.3, 0.4) is 0 Å². The Labute approximate surface area is 174 Å². The summed E-state index contributed by atoms with van der Waals surface area (Å²) in [6.07, 6.45) is 2.23. The van der Waals surface area contributed by atoms with Gasteiger partial charge in [0.1, 0.15) is 0 Å². The zero-order valence-electron chi connectivity index (χ0n) is 16.1. The molecule has 0 unspecified atom stereocenters. The molecule has 1 atom stereocenters. The number of amides is 1. The van der Waals surface area contributed by atoms with Crippen LogP contribution in [0, 0.1) is 0 Å². The third-order valence-electron chi connectivity index (χ3n) is 4.78. The molecule has 2 aromatic carbocycles. The van der Waals surface area contributed by atoms with Crippen LogP contribution in [-0.4, -0.2) is 44.6 Å². The van der Waals surface area contributed by atoms with Gasteiger partial charge in [0.2, 0.25) is 11.1 Å². The molecule has 0 N–H and O–H groups in total. The van der Waals surface area contributed by atoms with Crippen LogP contribution in [0.25, 0.3) is 0 Å². The van der Waals surface area contributed by atoms with Gasteiger partial charge in [0, 0.05) is 12.3 Å². The van der Waals surface area contributed by atoms with E-state index in [-0.39, 0.29) is 17.8 Å². The van der Waals surface area contributed by atoms with Crippen molar-refractivity contribution in [2.24, 2.45) is 0 Å². The summed E-state index contributed by atoms with van der Waals surface area (Å²) in [7, 11) is 0. The molecule has 0 aliphatic carbocycles. The Morgan fingerprint density at radius 1 is 1.14 bits per heavy atom. The molecule has 0 radical (unpaired) electrons. The Morgan fingerprint density at radius 2 is 1.90 bits per heavy atom. The molecule has 29 heavy (non-hydrogen) atoms. The van der Waals surface area contributed by atoms with Crippen LogP contribution >= 0.6 is 11.8 Å². The Hall–Kier alpha value is -2.71. The molecule has 7 nitrogen and oxygen atoms in total. The predicted octanol–water partition coefficient (Wildman–Crippen LogP) is 3.18. The summed E-state index contributed by atoms with van der Waals surface area (Å²) >= 11 is 1.36. The van der Waals surface area contributed by atoms with Crippen molar-refractivity contribution >= 4 is 23.4 Å². The van der Waals surface area contributed by atoms with E-state index in [1.807, 2.05) is 60.7 Å². The molecule has 150 valence electrons. The van der Waals surface area contributed by atoms with E-state index >= 15 is 0 Å². The summed E-state index contributed by atoms with van der Waals surface area (Å²) in [5.41, 5.74) is 1.96. The minimum atomic E-state index is 0.0109. The molecule has 0 saturated carbocycles. The molecule has 1 aliphatic heterocycles. The largest absolute Gasteiger partial charge is 0.376 e. The van der Waals surface area contributed by atoms with Crippen molar-refractivity contribution in [3.05, 3.63) is 66.2 Å². The first-order chi connectivity index (χ1) is 14.3. The monoisotopic (exact) mass is 409 g/mol. The second kappa shape index (κ2) is 9.67. The minimum absolute atomic E-state index is 0.0109. The van der Waals surface area contributed by atoms with E-state index in [0.717, 1.165) is 30.7 Å². The fraction of sp³-hybridized carbons (Fsp3) is 0.333. The third-order valence-corrected chi connectivity index (χ3v) is 5.72. The predicted molar refractivity (Wildman–Crippen MR) is 112 cm³/mol. The highest BCUT2D eigenvalue weighted by molar-refractivity contribution is 7.99. The molecule has 0 spiro atoms. The number of carbonyl (C=O) groups excluding carboxylic acids is 1. The zero-order valence-corrected chi connectivity index (χ0v) is 16.9. The lowest BCUT2D eigenvalue weighted by molar-refractivity contribution is -0.116. The summed E-state index contributed by atoms with van der Waals surface area (Å²) in [6, 6.07) is 19.7. The number of hydrogen-bond donors (Lipinski definition) is 0. The maximum absolute atomic E-state index is 13.1. The number of anilines is 1. The van der Waals surface area contributed by atoms with Crippen LogP contribution < -0.4 is 4.90 Å². The summed E-state index contributed by atoms with van der Waals surface area (Å²) in [5.74, 6) is 0.268. The molecular weight excluding hydrogens is 386 g/mol. The average Bonchev–Trinajstić information content (AvgIpc) is 3.44. The summed E-state index contributed by atoms with van der Waals surface area (Å²) < 4.78 is 7.40. The van der Waals surface area contributed by atoms with E-state index in [0.29, 0.717) is 18.2 Å². The summed E-state index contributed by atoms with van der Waals surface area (Å²) in [5, 5.41) is 12.6. The third kappa shape index (κ3) is 5.21. The van der Waals surface area contributed by atoms with Gasteiger partial charge in [-0.3, -0.25) is 4.79 Å². The van der Waals surface area contributed by atoms with Crippen LogP contribution in [0.15, 0.2) is 65.8 Å². The van der Waals surface area contributed by atoms with E-state index in [1.165, 1.54) is 11.8 Å². The Morgan fingerprint density at radius 3 is 2.62 bits per heavy atom. The van der Waals surface area contributed by atoms with Gasteiger partial charge in [-0.05, 0) is 41.0 Å². The summed E-state index contributed by atoms with van der Waals surface area (Å²) in [4.78, 5) is 14.9. The molecular formula is C21H23N5O2S. The second-order valence-electron chi connectivity index (χ2n) is 6.87. The van der Waals surface area contributed by atoms with E-state index < -0.39 is 0 Å². The number of tetrazole rings is 1. The topological polar surface area (TPSA) is 73.1 Å². The SMILES string of the molecule is O=C(CSc1nnnn1C[C@H]1CCCO1)N(Cc1ccccc1)c1ccccc1. The smallest absolute Gasteiger partial charge is 0.237 e. The van der Waals surface area contributed by atoms with Crippen molar-refractivity contribution in [1.29, 1.82) is 0 Å². The van der Waals surface area contributed by atoms with Gasteiger partial charge in [-0.25, -0.2) is 4.68 Å². The normalized spacial score (nSPS) is 16.1. The van der Waals surface area contributed by atoms with Crippen molar-refractivity contribution in [3.63, 3.8) is 0 Å². The number of thioether (sulfide) groups is 1. The molecule has 1 aromatic heterocycles. The lowest BCUT2D eigenvalue weighted by Gasteiger charge is -2.23. The molecule has 1 fully saturated rings. The number of rotatable bonds is 8. The maximum atomic E-state index is 13.1. The van der Waals surface area contributed by atoms with Crippen molar-refractivity contribution in [2.45, 2.75) is 37.2 Å². The quantitative estimate of drug-likeness (QED) is 0.532. The van der Waals surface area contributed by atoms with Gasteiger partial charge < -0.3 is 9.64 Å². The molecule has 2 heterocycles. The Balaban J connectivity index is 1.44. The van der Waals surface area contributed by atoms with Gasteiger partial charge in [-0.1, -0.05) is 60.3 Å². The van der Waals surface area contributed by atoms with Crippen LogP contribution in [0.5, 0.6) is 0 Å². The highest BCUT2D eigenvalue weighted by Gasteiger charge is 2.21. The van der Waals surface area contributed by atoms with Gasteiger partial charge in [0.15, 0.2) is 0 Å². The number of ether oxygens (including phenoxy) is 1. The highest BCUT2D eigenvalue weighted by atomic mass is 32.2. The van der Waals surface area contributed by atoms with Crippen molar-refractivity contribution in [2.75, 3.05) is 17.3 Å². The van der Waals surface area contributed by atoms with Gasteiger partial charge in [-0.15, -0.1) is 5.10 Å². The number of nitrogens with zero attached hydrogens (tertiary/aromatic N) is 5. The van der Waals surface area contributed by atoms with E-state index in [9.17, 15) is 4.79 Å². The molecule has 1 amide bonds. The first-order valence-corrected chi connectivity index (χ1v) is 10.7. The van der Waals surface area contributed by atoms with E-state index in [1.54, 1.807) is 9.58 Å². The second-order valence-corrected chi connectivity index (χ2v) is 7.81. The van der Waals surface area contributed by atoms with Crippen LogP contribution in [0.4, 0.5) is 5.69 Å². The molecule has 3 aromatic rings. The standard InChI is InChI=1S/C21H23N5O2S/c27-20(16-29-21-22-23-24-26(21)15-19-12-7-13-28-19)25(18-10-5-2-6-11-18)14-17-8-3-1-4-9-17/h1-6,8-11,19H,7,12-16H2/t19-/m1/s1. The number of carbonyl (C=O) groups is 1. The maximum Gasteiger partial charge on any atom is 0.237 e. The minimum Gasteiger partial charge on any atom is -0.376 e. The molecule has 0 bridgehead atoms. The molecule has 8 heteroatoms. The van der Waals surface area contributed by atoms with Gasteiger partial charge >= 0.3 is 0 Å². The highest BCUT2D eigenvalue weighted by Crippen LogP contribution is 2.22. The molecule has 1 saturated heterocycles. The first kappa shape index (κ1) is 19.6. The van der Waals surface area contributed by atoms with Gasteiger partial charge in [0.25, 0.3) is 0 Å². The molecule has 1 aliphatic rings. The summed E-state index contributed by atoms with van der Waals surface area (Å²) in [6.45, 7) is 1.93. The van der Waals surface area contributed by atoms with Crippen LogP contribution in [-0.2, 0) is 22.6 Å². The van der Waals surface area contributed by atoms with Gasteiger partial charge in [0.05, 0.1) is 24.9 Å². The van der Waals surface area contributed by atoms with Crippen LogP contribution in [0.2, 0.25) is 0 Å². The van der Waals surface area contributed by atoms with E-state index in [4.69, 9.17) is 4.74 Å². The Kier molecular flexibility index (Phi) is 6.53. The van der Waals surface area contributed by atoms with E-state index in [2.05, 4.69) is 15.5 Å². The molecule has 4 rings (SSSR count). The zero-order chi connectivity index (χ0) is 19.9. The number of hydrogen-bond acceptors (Lipinski definition) is 6.